The van der Waals surface area contributed by atoms with Crippen LogP contribution in [-0.2, 0) is 6.42 Å². The summed E-state index contributed by atoms with van der Waals surface area (Å²) in [7, 11) is 0. The summed E-state index contributed by atoms with van der Waals surface area (Å²) in [6.07, 6.45) is 0.866. The highest BCUT2D eigenvalue weighted by Gasteiger charge is 2.16. The molecule has 0 spiro atoms. The summed E-state index contributed by atoms with van der Waals surface area (Å²) < 4.78 is 1.24. The van der Waals surface area contributed by atoms with Crippen molar-refractivity contribution < 1.29 is 5.11 Å². The van der Waals surface area contributed by atoms with Crippen molar-refractivity contribution in [1.29, 1.82) is 0 Å². The van der Waals surface area contributed by atoms with E-state index in [0.717, 1.165) is 6.42 Å². The van der Waals surface area contributed by atoms with Crippen LogP contribution in [0.1, 0.15) is 26.3 Å². The number of nitrogens with one attached hydrogen (secondary N) is 1. The molecular formula is C13H20INO. The first kappa shape index (κ1) is 13.9. The van der Waals surface area contributed by atoms with Crippen molar-refractivity contribution in [3.63, 3.8) is 0 Å². The fraction of sp³-hybridized carbons (Fsp3) is 0.538. The van der Waals surface area contributed by atoms with Gasteiger partial charge in [-0.15, -0.1) is 0 Å². The predicted octanol–water partition coefficient (Wildman–Crippen LogP) is 2.58. The highest BCUT2D eigenvalue weighted by molar-refractivity contribution is 14.1. The molecule has 3 heteroatoms. The Morgan fingerprint density at radius 1 is 1.25 bits per heavy atom. The zero-order valence-electron chi connectivity index (χ0n) is 10.1. The molecule has 0 fully saturated rings. The van der Waals surface area contributed by atoms with Gasteiger partial charge in [0.05, 0.1) is 6.61 Å². The smallest absolute Gasteiger partial charge is 0.0588 e. The van der Waals surface area contributed by atoms with Gasteiger partial charge >= 0.3 is 0 Å². The highest BCUT2D eigenvalue weighted by Crippen LogP contribution is 2.10. The van der Waals surface area contributed by atoms with E-state index in [1.807, 2.05) is 0 Å². The minimum atomic E-state index is 0.0383. The number of aliphatic hydroxyl groups excluding tert-OH is 1. The van der Waals surface area contributed by atoms with Crippen LogP contribution in [0.15, 0.2) is 24.3 Å². The van der Waals surface area contributed by atoms with E-state index in [4.69, 9.17) is 0 Å². The average molecular weight is 333 g/mol. The third-order valence-corrected chi connectivity index (χ3v) is 2.97. The maximum absolute atomic E-state index is 9.34. The molecule has 1 rings (SSSR count). The van der Waals surface area contributed by atoms with Crippen LogP contribution in [0.25, 0.3) is 0 Å². The summed E-state index contributed by atoms with van der Waals surface area (Å²) in [4.78, 5) is 0. The minimum Gasteiger partial charge on any atom is -0.395 e. The topological polar surface area (TPSA) is 32.3 Å². The third-order valence-electron chi connectivity index (χ3n) is 2.25. The Labute approximate surface area is 112 Å². The molecule has 0 saturated heterocycles. The number of benzene rings is 1. The van der Waals surface area contributed by atoms with Crippen LogP contribution >= 0.6 is 22.6 Å². The fourth-order valence-electron chi connectivity index (χ4n) is 1.68. The number of aliphatic hydroxyl groups is 1. The molecule has 1 atom stereocenters. The van der Waals surface area contributed by atoms with Crippen LogP contribution in [0, 0.1) is 3.57 Å². The van der Waals surface area contributed by atoms with Gasteiger partial charge < -0.3 is 10.4 Å². The van der Waals surface area contributed by atoms with Crippen molar-refractivity contribution in [2.24, 2.45) is 0 Å². The first-order chi connectivity index (χ1) is 7.40. The third kappa shape index (κ3) is 5.27. The molecule has 0 aliphatic heterocycles. The number of hydrogen-bond acceptors (Lipinski definition) is 2. The maximum Gasteiger partial charge on any atom is 0.0588 e. The Morgan fingerprint density at radius 2 is 1.81 bits per heavy atom. The Balaban J connectivity index is 2.60. The predicted molar refractivity (Wildman–Crippen MR) is 76.6 cm³/mol. The van der Waals surface area contributed by atoms with Gasteiger partial charge in [0.1, 0.15) is 0 Å². The van der Waals surface area contributed by atoms with E-state index >= 15 is 0 Å². The van der Waals surface area contributed by atoms with E-state index in [1.54, 1.807) is 0 Å². The van der Waals surface area contributed by atoms with Crippen molar-refractivity contribution in [1.82, 2.24) is 5.32 Å². The van der Waals surface area contributed by atoms with Crippen LogP contribution in [-0.4, -0.2) is 23.3 Å². The van der Waals surface area contributed by atoms with Gasteiger partial charge in [0.15, 0.2) is 0 Å². The first-order valence-electron chi connectivity index (χ1n) is 5.54. The monoisotopic (exact) mass is 333 g/mol. The molecule has 1 unspecified atom stereocenters. The summed E-state index contributed by atoms with van der Waals surface area (Å²) in [5, 5.41) is 12.8. The average Bonchev–Trinajstić information content (AvgIpc) is 2.18. The molecule has 2 nitrogen and oxygen atoms in total. The van der Waals surface area contributed by atoms with Gasteiger partial charge in [0.2, 0.25) is 0 Å². The molecule has 0 bridgehead atoms. The van der Waals surface area contributed by atoms with Gasteiger partial charge in [0, 0.05) is 15.2 Å². The molecule has 90 valence electrons. The first-order valence-corrected chi connectivity index (χ1v) is 6.61. The van der Waals surface area contributed by atoms with Crippen molar-refractivity contribution in [2.45, 2.75) is 38.8 Å². The van der Waals surface area contributed by atoms with Gasteiger partial charge in [-0.05, 0) is 67.5 Å². The molecule has 0 amide bonds. The van der Waals surface area contributed by atoms with E-state index in [2.05, 4.69) is 72.9 Å². The van der Waals surface area contributed by atoms with Crippen molar-refractivity contribution in [2.75, 3.05) is 6.61 Å². The molecule has 0 aromatic heterocycles. The van der Waals surface area contributed by atoms with Gasteiger partial charge in [-0.25, -0.2) is 0 Å². The highest BCUT2D eigenvalue weighted by atomic mass is 127. The van der Waals surface area contributed by atoms with E-state index in [1.165, 1.54) is 9.13 Å². The number of hydrogen-bond donors (Lipinski definition) is 2. The molecule has 2 N–H and O–H groups in total. The Morgan fingerprint density at radius 3 is 2.25 bits per heavy atom. The van der Waals surface area contributed by atoms with Crippen molar-refractivity contribution in [3.05, 3.63) is 33.4 Å². The lowest BCUT2D eigenvalue weighted by Crippen LogP contribution is -2.46. The van der Waals surface area contributed by atoms with Gasteiger partial charge in [0.25, 0.3) is 0 Å². The Hall–Kier alpha value is -0.130. The van der Waals surface area contributed by atoms with Crippen LogP contribution < -0.4 is 5.32 Å². The van der Waals surface area contributed by atoms with Crippen LogP contribution in [0.3, 0.4) is 0 Å². The second-order valence-corrected chi connectivity index (χ2v) is 6.35. The summed E-state index contributed by atoms with van der Waals surface area (Å²) in [6.45, 7) is 6.51. The molecule has 0 heterocycles. The zero-order chi connectivity index (χ0) is 12.2. The zero-order valence-corrected chi connectivity index (χ0v) is 12.3. The van der Waals surface area contributed by atoms with E-state index in [9.17, 15) is 5.11 Å². The summed E-state index contributed by atoms with van der Waals surface area (Å²) in [5.74, 6) is 0. The molecule has 1 aromatic carbocycles. The van der Waals surface area contributed by atoms with E-state index in [-0.39, 0.29) is 18.2 Å². The van der Waals surface area contributed by atoms with E-state index < -0.39 is 0 Å². The number of halogens is 1. The molecule has 0 aliphatic carbocycles. The molecular weight excluding hydrogens is 313 g/mol. The second-order valence-electron chi connectivity index (χ2n) is 5.10. The fourth-order valence-corrected chi connectivity index (χ4v) is 2.04. The maximum atomic E-state index is 9.34. The molecule has 0 radical (unpaired) electrons. The molecule has 0 saturated carbocycles. The lowest BCUT2D eigenvalue weighted by atomic mass is 10.0. The standard InChI is InChI=1S/C13H20INO/c1-13(2,3)15-12(9-16)8-10-4-6-11(14)7-5-10/h4-7,12,15-16H,8-9H2,1-3H3. The summed E-state index contributed by atoms with van der Waals surface area (Å²) in [5.41, 5.74) is 1.30. The van der Waals surface area contributed by atoms with Gasteiger partial charge in [-0.3, -0.25) is 0 Å². The largest absolute Gasteiger partial charge is 0.395 e. The van der Waals surface area contributed by atoms with Crippen molar-refractivity contribution >= 4 is 22.6 Å². The van der Waals surface area contributed by atoms with Gasteiger partial charge in [-0.2, -0.15) is 0 Å². The van der Waals surface area contributed by atoms with Crippen LogP contribution in [0.5, 0.6) is 0 Å². The van der Waals surface area contributed by atoms with Crippen molar-refractivity contribution in [3.8, 4) is 0 Å². The van der Waals surface area contributed by atoms with Crippen LogP contribution in [0.2, 0.25) is 0 Å². The summed E-state index contributed by atoms with van der Waals surface area (Å²) >= 11 is 2.30. The lowest BCUT2D eigenvalue weighted by Gasteiger charge is -2.27. The molecule has 1 aromatic rings. The molecule has 16 heavy (non-hydrogen) atoms. The lowest BCUT2D eigenvalue weighted by molar-refractivity contribution is 0.215. The normalized spacial score (nSPS) is 13.8. The Bertz CT molecular complexity index is 316. The summed E-state index contributed by atoms with van der Waals surface area (Å²) in [6, 6.07) is 8.56. The number of rotatable bonds is 4. The van der Waals surface area contributed by atoms with Crippen LogP contribution in [0.4, 0.5) is 0 Å². The molecule has 0 aliphatic rings. The minimum absolute atomic E-state index is 0.0383. The SMILES string of the molecule is CC(C)(C)NC(CO)Cc1ccc(I)cc1. The van der Waals surface area contributed by atoms with E-state index in [0.29, 0.717) is 0 Å². The second kappa shape index (κ2) is 5.98. The quantitative estimate of drug-likeness (QED) is 0.830. The Kier molecular flexibility index (Phi) is 5.21. The van der Waals surface area contributed by atoms with Gasteiger partial charge in [-0.1, -0.05) is 12.1 Å².